The highest BCUT2D eigenvalue weighted by Gasteiger charge is 2.00. The molecule has 0 radical (unpaired) electrons. The highest BCUT2D eigenvalue weighted by molar-refractivity contribution is 6.18. The Labute approximate surface area is 66.9 Å². The maximum absolute atomic E-state index is 11.6. The summed E-state index contributed by atoms with van der Waals surface area (Å²) >= 11 is 5.59. The molecule has 1 unspecified atom stereocenters. The molecule has 0 amide bonds. The van der Waals surface area contributed by atoms with Crippen LogP contribution in [-0.4, -0.2) is 25.1 Å². The molecule has 1 N–H and O–H groups in total. The van der Waals surface area contributed by atoms with Crippen molar-refractivity contribution in [2.45, 2.75) is 25.8 Å². The molecule has 62 valence electrons. The third kappa shape index (κ3) is 5.00. The maximum Gasteiger partial charge on any atom is 0.0906 e. The number of hydrogen-bond acceptors (Lipinski definition) is 1. The lowest BCUT2D eigenvalue weighted by Crippen LogP contribution is -2.30. The Bertz CT molecular complexity index is 66.6. The lowest BCUT2D eigenvalue weighted by atomic mass is 10.2. The van der Waals surface area contributed by atoms with Crippen molar-refractivity contribution >= 4 is 11.6 Å². The van der Waals surface area contributed by atoms with Crippen molar-refractivity contribution in [1.82, 2.24) is 5.32 Å². The Kier molecular flexibility index (Phi) is 7.42. The summed E-state index contributed by atoms with van der Waals surface area (Å²) in [6.07, 6.45) is 1.60. The van der Waals surface area contributed by atoms with Gasteiger partial charge in [0.2, 0.25) is 0 Å². The van der Waals surface area contributed by atoms with Gasteiger partial charge in [-0.2, -0.15) is 0 Å². The first-order chi connectivity index (χ1) is 4.85. The predicted octanol–water partition coefficient (Wildman–Crippen LogP) is 1.95. The van der Waals surface area contributed by atoms with Crippen LogP contribution in [0.4, 0.5) is 4.39 Å². The van der Waals surface area contributed by atoms with Gasteiger partial charge in [-0.25, -0.2) is 0 Å². The Balaban J connectivity index is 3.09. The van der Waals surface area contributed by atoms with E-state index in [0.29, 0.717) is 18.3 Å². The Morgan fingerprint density at radius 1 is 1.60 bits per heavy atom. The zero-order chi connectivity index (χ0) is 7.82. The molecule has 0 fully saturated rings. The Morgan fingerprint density at radius 3 is 2.70 bits per heavy atom. The summed E-state index contributed by atoms with van der Waals surface area (Å²) in [5.41, 5.74) is 0. The SMILES string of the molecule is CCC(CCl)NCCCF. The van der Waals surface area contributed by atoms with E-state index in [1.807, 2.05) is 0 Å². The molecule has 0 heterocycles. The molecule has 1 nitrogen and oxygen atoms in total. The van der Waals surface area contributed by atoms with Crippen LogP contribution in [0.5, 0.6) is 0 Å². The van der Waals surface area contributed by atoms with E-state index >= 15 is 0 Å². The number of nitrogens with one attached hydrogen (secondary N) is 1. The van der Waals surface area contributed by atoms with Crippen LogP contribution in [0, 0.1) is 0 Å². The fourth-order valence-electron chi connectivity index (χ4n) is 0.681. The molecule has 10 heavy (non-hydrogen) atoms. The van der Waals surface area contributed by atoms with Gasteiger partial charge < -0.3 is 5.32 Å². The number of alkyl halides is 2. The molecule has 0 aromatic carbocycles. The average molecular weight is 168 g/mol. The third-order valence-electron chi connectivity index (χ3n) is 1.42. The summed E-state index contributed by atoms with van der Waals surface area (Å²) in [4.78, 5) is 0. The van der Waals surface area contributed by atoms with E-state index in [1.165, 1.54) is 0 Å². The molecule has 0 spiro atoms. The van der Waals surface area contributed by atoms with Crippen LogP contribution >= 0.6 is 11.6 Å². The second kappa shape index (κ2) is 7.29. The van der Waals surface area contributed by atoms with Gasteiger partial charge in [-0.05, 0) is 19.4 Å². The molecule has 0 saturated heterocycles. The van der Waals surface area contributed by atoms with E-state index in [-0.39, 0.29) is 6.67 Å². The van der Waals surface area contributed by atoms with Gasteiger partial charge in [-0.1, -0.05) is 6.92 Å². The van der Waals surface area contributed by atoms with Crippen LogP contribution in [-0.2, 0) is 0 Å². The second-order valence-electron chi connectivity index (χ2n) is 2.26. The molecule has 0 aliphatic rings. The van der Waals surface area contributed by atoms with Crippen LogP contribution in [0.15, 0.2) is 0 Å². The third-order valence-corrected chi connectivity index (χ3v) is 1.80. The van der Waals surface area contributed by atoms with Crippen molar-refractivity contribution in [3.05, 3.63) is 0 Å². The van der Waals surface area contributed by atoms with Crippen LogP contribution in [0.1, 0.15) is 19.8 Å². The van der Waals surface area contributed by atoms with Gasteiger partial charge in [-0.15, -0.1) is 11.6 Å². The smallest absolute Gasteiger partial charge is 0.0906 e. The Morgan fingerprint density at radius 2 is 2.30 bits per heavy atom. The highest BCUT2D eigenvalue weighted by atomic mass is 35.5. The van der Waals surface area contributed by atoms with E-state index in [4.69, 9.17) is 11.6 Å². The molecule has 0 aromatic rings. The van der Waals surface area contributed by atoms with Crippen molar-refractivity contribution in [2.75, 3.05) is 19.1 Å². The summed E-state index contributed by atoms with van der Waals surface area (Å²) in [7, 11) is 0. The first-order valence-corrected chi connectivity index (χ1v) is 4.23. The number of rotatable bonds is 6. The summed E-state index contributed by atoms with van der Waals surface area (Å²) < 4.78 is 11.6. The summed E-state index contributed by atoms with van der Waals surface area (Å²) in [6.45, 7) is 2.56. The highest BCUT2D eigenvalue weighted by Crippen LogP contribution is 1.93. The van der Waals surface area contributed by atoms with Gasteiger partial charge in [0.25, 0.3) is 0 Å². The largest absolute Gasteiger partial charge is 0.313 e. The van der Waals surface area contributed by atoms with E-state index < -0.39 is 0 Å². The lowest BCUT2D eigenvalue weighted by Gasteiger charge is -2.11. The van der Waals surface area contributed by atoms with Crippen LogP contribution in [0.25, 0.3) is 0 Å². The first kappa shape index (κ1) is 10.2. The summed E-state index contributed by atoms with van der Waals surface area (Å²) in [6, 6.07) is 0.355. The standard InChI is InChI=1S/C7H15ClFN/c1-2-7(6-8)10-5-3-4-9/h7,10H,2-6H2,1H3. The molecule has 0 aliphatic carbocycles. The van der Waals surface area contributed by atoms with Crippen LogP contribution in [0.3, 0.4) is 0 Å². The molecule has 0 aromatic heterocycles. The van der Waals surface area contributed by atoms with E-state index in [9.17, 15) is 4.39 Å². The van der Waals surface area contributed by atoms with Gasteiger partial charge in [0.1, 0.15) is 0 Å². The molecule has 3 heteroatoms. The minimum absolute atomic E-state index is 0.244. The fraction of sp³-hybridized carbons (Fsp3) is 1.00. The van der Waals surface area contributed by atoms with Gasteiger partial charge >= 0.3 is 0 Å². The molecular weight excluding hydrogens is 153 g/mol. The van der Waals surface area contributed by atoms with Gasteiger partial charge in [-0.3, -0.25) is 4.39 Å². The van der Waals surface area contributed by atoms with Crippen LogP contribution < -0.4 is 5.32 Å². The van der Waals surface area contributed by atoms with Gasteiger partial charge in [0.05, 0.1) is 6.67 Å². The van der Waals surface area contributed by atoms with E-state index in [0.717, 1.165) is 13.0 Å². The minimum atomic E-state index is -0.244. The molecular formula is C7H15ClFN. The molecule has 0 rings (SSSR count). The number of hydrogen-bond donors (Lipinski definition) is 1. The first-order valence-electron chi connectivity index (χ1n) is 3.70. The zero-order valence-corrected chi connectivity index (χ0v) is 7.12. The second-order valence-corrected chi connectivity index (χ2v) is 2.56. The molecule has 0 saturated carbocycles. The zero-order valence-electron chi connectivity index (χ0n) is 6.37. The fourth-order valence-corrected chi connectivity index (χ4v) is 1.01. The molecule has 0 bridgehead atoms. The van der Waals surface area contributed by atoms with Crippen molar-refractivity contribution in [3.63, 3.8) is 0 Å². The minimum Gasteiger partial charge on any atom is -0.313 e. The normalized spacial score (nSPS) is 13.5. The van der Waals surface area contributed by atoms with Crippen molar-refractivity contribution < 1.29 is 4.39 Å². The summed E-state index contributed by atoms with van der Waals surface area (Å²) in [5.74, 6) is 0.614. The van der Waals surface area contributed by atoms with E-state index in [1.54, 1.807) is 0 Å². The van der Waals surface area contributed by atoms with Gasteiger partial charge in [0.15, 0.2) is 0 Å². The summed E-state index contributed by atoms with van der Waals surface area (Å²) in [5, 5.41) is 3.15. The Hall–Kier alpha value is 0.180. The van der Waals surface area contributed by atoms with Crippen molar-refractivity contribution in [2.24, 2.45) is 0 Å². The maximum atomic E-state index is 11.6. The van der Waals surface area contributed by atoms with Crippen molar-refractivity contribution in [1.29, 1.82) is 0 Å². The molecule has 1 atom stereocenters. The monoisotopic (exact) mass is 167 g/mol. The quantitative estimate of drug-likeness (QED) is 0.471. The van der Waals surface area contributed by atoms with Gasteiger partial charge in [0, 0.05) is 11.9 Å². The van der Waals surface area contributed by atoms with Crippen molar-refractivity contribution in [3.8, 4) is 0 Å². The number of halogens is 2. The molecule has 0 aliphatic heterocycles. The van der Waals surface area contributed by atoms with E-state index in [2.05, 4.69) is 12.2 Å². The lowest BCUT2D eigenvalue weighted by molar-refractivity contribution is 0.441. The topological polar surface area (TPSA) is 12.0 Å². The predicted molar refractivity (Wildman–Crippen MR) is 43.4 cm³/mol. The average Bonchev–Trinajstić information content (AvgIpc) is 1.99. The van der Waals surface area contributed by atoms with Crippen LogP contribution in [0.2, 0.25) is 0 Å².